The van der Waals surface area contributed by atoms with Crippen molar-refractivity contribution in [1.82, 2.24) is 25.1 Å². The Morgan fingerprint density at radius 2 is 1.54 bits per heavy atom. The van der Waals surface area contributed by atoms with E-state index in [1.807, 2.05) is 12.1 Å². The molecule has 0 spiro atoms. The predicted molar refractivity (Wildman–Crippen MR) is 145 cm³/mol. The molecule has 4 heterocycles. The van der Waals surface area contributed by atoms with Crippen LogP contribution in [-0.2, 0) is 17.9 Å². The zero-order chi connectivity index (χ0) is 26.5. The van der Waals surface area contributed by atoms with Crippen molar-refractivity contribution in [3.63, 3.8) is 0 Å². The highest BCUT2D eigenvalue weighted by molar-refractivity contribution is 6.01. The number of urea groups is 1. The van der Waals surface area contributed by atoms with Crippen LogP contribution in [-0.4, -0.2) is 69.4 Å². The first-order valence-corrected chi connectivity index (χ1v) is 13.7. The molecule has 2 atom stereocenters. The van der Waals surface area contributed by atoms with Crippen molar-refractivity contribution >= 4 is 17.8 Å². The molecule has 3 fully saturated rings. The Hall–Kier alpha value is -4.01. The van der Waals surface area contributed by atoms with Crippen LogP contribution in [0.2, 0.25) is 0 Å². The standard InChI is InChI=1S/C31H31N5O3/c37-28-13-14-35(31(39)32-28)36-18-24-15-21(11-12-27(24)30(36)38)17-33-19-26-16-25(33)20-34(26)29(22-7-3-1-4-8-22)23-9-5-2-6-10-23/h1-12,15,25-26,29H,13-14,16-20H2,(H,32,37,39)/t25-,26-/m0/s1. The molecule has 2 bridgehead atoms. The summed E-state index contributed by atoms with van der Waals surface area (Å²) in [7, 11) is 0. The zero-order valence-electron chi connectivity index (χ0n) is 21.7. The van der Waals surface area contributed by atoms with Crippen molar-refractivity contribution < 1.29 is 14.4 Å². The first-order valence-electron chi connectivity index (χ1n) is 13.7. The minimum absolute atomic E-state index is 0.190. The van der Waals surface area contributed by atoms with E-state index in [1.165, 1.54) is 26.7 Å². The molecule has 3 aromatic rings. The van der Waals surface area contributed by atoms with Crippen LogP contribution in [0.4, 0.5) is 4.79 Å². The summed E-state index contributed by atoms with van der Waals surface area (Å²) in [5.41, 5.74) is 5.42. The summed E-state index contributed by atoms with van der Waals surface area (Å²) < 4.78 is 0. The van der Waals surface area contributed by atoms with Crippen LogP contribution in [0.1, 0.15) is 51.5 Å². The molecule has 3 aromatic carbocycles. The lowest BCUT2D eigenvalue weighted by atomic mass is 9.96. The van der Waals surface area contributed by atoms with Crippen LogP contribution < -0.4 is 5.32 Å². The number of nitrogens with one attached hydrogen (secondary N) is 1. The fraction of sp³-hybridized carbons (Fsp3) is 0.323. The molecule has 4 aliphatic heterocycles. The SMILES string of the molecule is O=C1CCN(N2Cc3cc(CN4C[C@@H]5C[C@H]4CN5C(c4ccccc4)c4ccccc4)ccc3C2=O)C(=O)N1. The van der Waals surface area contributed by atoms with Crippen LogP contribution in [0.25, 0.3) is 0 Å². The van der Waals surface area contributed by atoms with E-state index in [4.69, 9.17) is 0 Å². The lowest BCUT2D eigenvalue weighted by Gasteiger charge is -2.39. The monoisotopic (exact) mass is 521 g/mol. The predicted octanol–water partition coefficient (Wildman–Crippen LogP) is 3.55. The number of hydrogen-bond acceptors (Lipinski definition) is 5. The van der Waals surface area contributed by atoms with Gasteiger partial charge in [-0.25, -0.2) is 14.8 Å². The van der Waals surface area contributed by atoms with E-state index in [-0.39, 0.29) is 30.8 Å². The van der Waals surface area contributed by atoms with Crippen LogP contribution in [0, 0.1) is 0 Å². The number of benzene rings is 3. The molecule has 8 nitrogen and oxygen atoms in total. The number of amides is 4. The fourth-order valence-electron chi connectivity index (χ4n) is 6.81. The summed E-state index contributed by atoms with van der Waals surface area (Å²) in [6, 6.07) is 28.4. The highest BCUT2D eigenvalue weighted by Gasteiger charge is 2.46. The molecule has 0 aromatic heterocycles. The third kappa shape index (κ3) is 4.30. The van der Waals surface area contributed by atoms with Gasteiger partial charge in [0.25, 0.3) is 5.91 Å². The first kappa shape index (κ1) is 24.1. The maximum Gasteiger partial charge on any atom is 0.342 e. The molecule has 4 amide bonds. The number of likely N-dealkylation sites (tertiary alicyclic amines) is 2. The van der Waals surface area contributed by atoms with Crippen molar-refractivity contribution in [3.8, 4) is 0 Å². The number of piperazine rings is 1. The second-order valence-electron chi connectivity index (χ2n) is 11.0. The summed E-state index contributed by atoms with van der Waals surface area (Å²) in [6.07, 6.45) is 1.36. The molecule has 0 radical (unpaired) electrons. The Morgan fingerprint density at radius 3 is 2.18 bits per heavy atom. The quantitative estimate of drug-likeness (QED) is 0.537. The Morgan fingerprint density at radius 1 is 0.821 bits per heavy atom. The minimum atomic E-state index is -0.533. The van der Waals surface area contributed by atoms with E-state index >= 15 is 0 Å². The van der Waals surface area contributed by atoms with Gasteiger partial charge in [0.05, 0.1) is 19.1 Å². The number of hydrazine groups is 1. The van der Waals surface area contributed by atoms with Gasteiger partial charge < -0.3 is 0 Å². The number of carbonyl (C=O) groups excluding carboxylic acids is 3. The molecule has 39 heavy (non-hydrogen) atoms. The van der Waals surface area contributed by atoms with Gasteiger partial charge >= 0.3 is 6.03 Å². The topological polar surface area (TPSA) is 76.2 Å². The number of carbonyl (C=O) groups is 3. The van der Waals surface area contributed by atoms with E-state index < -0.39 is 6.03 Å². The molecule has 0 unspecified atom stereocenters. The van der Waals surface area contributed by atoms with E-state index in [9.17, 15) is 14.4 Å². The first-order chi connectivity index (χ1) is 19.0. The summed E-state index contributed by atoms with van der Waals surface area (Å²) in [5, 5.41) is 5.12. The van der Waals surface area contributed by atoms with Gasteiger partial charge in [-0.15, -0.1) is 0 Å². The third-order valence-corrected chi connectivity index (χ3v) is 8.62. The molecular weight excluding hydrogens is 490 g/mol. The molecule has 198 valence electrons. The zero-order valence-corrected chi connectivity index (χ0v) is 21.7. The Kier molecular flexibility index (Phi) is 5.94. The number of hydrogen-bond donors (Lipinski definition) is 1. The maximum absolute atomic E-state index is 13.0. The lowest BCUT2D eigenvalue weighted by Crippen LogP contribution is -2.56. The summed E-state index contributed by atoms with van der Waals surface area (Å²) >= 11 is 0. The second-order valence-corrected chi connectivity index (χ2v) is 11.0. The average Bonchev–Trinajstić information content (AvgIpc) is 3.63. The van der Waals surface area contributed by atoms with E-state index in [2.05, 4.69) is 81.8 Å². The van der Waals surface area contributed by atoms with Crippen molar-refractivity contribution in [3.05, 3.63) is 107 Å². The molecule has 0 aliphatic carbocycles. The van der Waals surface area contributed by atoms with Gasteiger partial charge in [0, 0.05) is 43.7 Å². The Bertz CT molecular complexity index is 1390. The molecule has 1 N–H and O–H groups in total. The molecular formula is C31H31N5O3. The van der Waals surface area contributed by atoms with Gasteiger partial charge in [0.2, 0.25) is 5.91 Å². The fourth-order valence-corrected chi connectivity index (χ4v) is 6.81. The number of imide groups is 1. The van der Waals surface area contributed by atoms with Crippen LogP contribution in [0.5, 0.6) is 0 Å². The van der Waals surface area contributed by atoms with E-state index in [0.29, 0.717) is 24.2 Å². The summed E-state index contributed by atoms with van der Waals surface area (Å²) in [5.74, 6) is -0.496. The van der Waals surface area contributed by atoms with Crippen molar-refractivity contribution in [2.45, 2.75) is 44.1 Å². The largest absolute Gasteiger partial charge is 0.342 e. The maximum atomic E-state index is 13.0. The number of rotatable bonds is 6. The second kappa shape index (κ2) is 9.63. The van der Waals surface area contributed by atoms with Crippen LogP contribution >= 0.6 is 0 Å². The van der Waals surface area contributed by atoms with Crippen molar-refractivity contribution in [1.29, 1.82) is 0 Å². The van der Waals surface area contributed by atoms with Crippen molar-refractivity contribution in [2.24, 2.45) is 0 Å². The summed E-state index contributed by atoms with van der Waals surface area (Å²) in [4.78, 5) is 42.1. The molecule has 4 aliphatic rings. The van der Waals surface area contributed by atoms with E-state index in [1.54, 1.807) is 0 Å². The van der Waals surface area contributed by atoms with Gasteiger partial charge in [0.1, 0.15) is 0 Å². The Labute approximate surface area is 227 Å². The van der Waals surface area contributed by atoms with Crippen LogP contribution in [0.15, 0.2) is 78.9 Å². The minimum Gasteiger partial charge on any atom is -0.293 e. The lowest BCUT2D eigenvalue weighted by molar-refractivity contribution is -0.123. The number of fused-ring (bicyclic) bond motifs is 3. The van der Waals surface area contributed by atoms with Gasteiger partial charge in [-0.1, -0.05) is 72.8 Å². The third-order valence-electron chi connectivity index (χ3n) is 8.62. The molecule has 3 saturated heterocycles. The van der Waals surface area contributed by atoms with E-state index in [0.717, 1.165) is 31.6 Å². The Balaban J connectivity index is 1.05. The van der Waals surface area contributed by atoms with Gasteiger partial charge in [-0.3, -0.25) is 24.7 Å². The van der Waals surface area contributed by atoms with Gasteiger partial charge in [-0.2, -0.15) is 0 Å². The molecule has 0 saturated carbocycles. The average molecular weight is 522 g/mol. The highest BCUT2D eigenvalue weighted by atomic mass is 16.2. The van der Waals surface area contributed by atoms with Gasteiger partial charge in [-0.05, 0) is 34.7 Å². The molecule has 8 heteroatoms. The highest BCUT2D eigenvalue weighted by Crippen LogP contribution is 2.40. The molecule has 7 rings (SSSR count). The van der Waals surface area contributed by atoms with Crippen molar-refractivity contribution in [2.75, 3.05) is 19.6 Å². The van der Waals surface area contributed by atoms with Gasteiger partial charge in [0.15, 0.2) is 0 Å². The summed E-state index contributed by atoms with van der Waals surface area (Å²) in [6.45, 7) is 3.46. The van der Waals surface area contributed by atoms with Crippen LogP contribution in [0.3, 0.4) is 0 Å². The normalized spacial score (nSPS) is 23.2. The number of nitrogens with zero attached hydrogens (tertiary/aromatic N) is 4. The smallest absolute Gasteiger partial charge is 0.293 e.